The van der Waals surface area contributed by atoms with E-state index in [0.29, 0.717) is 0 Å². The van der Waals surface area contributed by atoms with Crippen molar-refractivity contribution in [1.29, 1.82) is 0 Å². The summed E-state index contributed by atoms with van der Waals surface area (Å²) in [4.78, 5) is 18.7. The highest BCUT2D eigenvalue weighted by molar-refractivity contribution is 5.93. The van der Waals surface area contributed by atoms with Crippen molar-refractivity contribution < 1.29 is 9.53 Å². The lowest BCUT2D eigenvalue weighted by Crippen LogP contribution is -2.40. The average molecular weight is 437 g/mol. The summed E-state index contributed by atoms with van der Waals surface area (Å²) in [5.41, 5.74) is 3.65. The maximum atomic E-state index is 11.8. The van der Waals surface area contributed by atoms with Crippen LogP contribution in [-0.2, 0) is 13.0 Å². The molecule has 2 saturated heterocycles. The number of likely N-dealkylation sites (tertiary alicyclic amines) is 1. The summed E-state index contributed by atoms with van der Waals surface area (Å²) >= 11 is 0. The van der Waals surface area contributed by atoms with Gasteiger partial charge in [0.1, 0.15) is 5.75 Å². The van der Waals surface area contributed by atoms with E-state index < -0.39 is 0 Å². The lowest BCUT2D eigenvalue weighted by Gasteiger charge is -2.34. The zero-order chi connectivity index (χ0) is 22.3. The number of methoxy groups -OCH3 is 1. The van der Waals surface area contributed by atoms with Gasteiger partial charge in [-0.2, -0.15) is 0 Å². The summed E-state index contributed by atoms with van der Waals surface area (Å²) in [6.45, 7) is 7.05. The summed E-state index contributed by atoms with van der Waals surface area (Å²) < 4.78 is 5.26. The minimum absolute atomic E-state index is 0.00344. The molecule has 2 aliphatic heterocycles. The number of anilines is 1. The summed E-state index contributed by atoms with van der Waals surface area (Å²) in [7, 11) is 3.93. The van der Waals surface area contributed by atoms with Crippen molar-refractivity contribution in [3.8, 4) is 5.75 Å². The molecule has 0 aliphatic carbocycles. The van der Waals surface area contributed by atoms with Gasteiger partial charge in [-0.15, -0.1) is 0 Å². The fourth-order valence-corrected chi connectivity index (χ4v) is 4.90. The van der Waals surface area contributed by atoms with E-state index in [1.807, 2.05) is 0 Å². The lowest BCUT2D eigenvalue weighted by molar-refractivity contribution is 0.142. The van der Waals surface area contributed by atoms with Crippen LogP contribution in [0.15, 0.2) is 48.5 Å². The number of hydrogen-bond donors (Lipinski definition) is 1. The fraction of sp³-hybridized carbons (Fsp3) is 0.500. The highest BCUT2D eigenvalue weighted by atomic mass is 16.5. The lowest BCUT2D eigenvalue weighted by atomic mass is 9.97. The van der Waals surface area contributed by atoms with Crippen LogP contribution in [0.3, 0.4) is 0 Å². The van der Waals surface area contributed by atoms with Gasteiger partial charge in [0.15, 0.2) is 0 Å². The van der Waals surface area contributed by atoms with E-state index >= 15 is 0 Å². The van der Waals surface area contributed by atoms with Gasteiger partial charge in [-0.1, -0.05) is 24.3 Å². The van der Waals surface area contributed by atoms with E-state index in [4.69, 9.17) is 4.74 Å². The molecule has 2 aromatic carbocycles. The third kappa shape index (κ3) is 6.02. The van der Waals surface area contributed by atoms with Crippen molar-refractivity contribution in [2.45, 2.75) is 25.8 Å². The molecule has 0 aromatic heterocycles. The molecule has 4 rings (SSSR count). The number of nitrogens with zero attached hydrogens (tertiary/aromatic N) is 3. The van der Waals surface area contributed by atoms with Crippen molar-refractivity contribution >= 4 is 11.7 Å². The van der Waals surface area contributed by atoms with Gasteiger partial charge in [-0.05, 0) is 74.2 Å². The van der Waals surface area contributed by atoms with Crippen molar-refractivity contribution in [3.63, 3.8) is 0 Å². The molecule has 1 N–H and O–H groups in total. The molecular formula is C26H36N4O2. The van der Waals surface area contributed by atoms with E-state index in [1.54, 1.807) is 12.0 Å². The number of hydrogen-bond acceptors (Lipinski definition) is 4. The van der Waals surface area contributed by atoms with Gasteiger partial charge < -0.3 is 19.9 Å². The molecule has 6 heteroatoms. The second-order valence-corrected chi connectivity index (χ2v) is 9.15. The molecule has 2 aliphatic rings. The van der Waals surface area contributed by atoms with Crippen molar-refractivity contribution in [1.82, 2.24) is 15.1 Å². The number of piperidine rings is 1. The molecular weight excluding hydrogens is 400 g/mol. The summed E-state index contributed by atoms with van der Waals surface area (Å²) in [5.74, 6) is 1.64. The van der Waals surface area contributed by atoms with Gasteiger partial charge in [0, 0.05) is 45.0 Å². The van der Waals surface area contributed by atoms with Crippen LogP contribution in [0.1, 0.15) is 24.0 Å². The van der Waals surface area contributed by atoms with Crippen LogP contribution in [-0.4, -0.2) is 69.3 Å². The smallest absolute Gasteiger partial charge is 0.321 e. The molecule has 2 aromatic rings. The minimum atomic E-state index is 0.00344. The van der Waals surface area contributed by atoms with Crippen LogP contribution < -0.4 is 15.0 Å². The van der Waals surface area contributed by atoms with Gasteiger partial charge in [0.2, 0.25) is 0 Å². The number of ether oxygens (including phenoxy) is 1. The van der Waals surface area contributed by atoms with Crippen molar-refractivity contribution in [3.05, 3.63) is 59.7 Å². The Hall–Kier alpha value is -2.57. The summed E-state index contributed by atoms with van der Waals surface area (Å²) in [5, 5.41) is 2.86. The predicted molar refractivity (Wildman–Crippen MR) is 129 cm³/mol. The Morgan fingerprint density at radius 2 is 1.81 bits per heavy atom. The number of carbonyl (C=O) groups excluding carboxylic acids is 1. The summed E-state index contributed by atoms with van der Waals surface area (Å²) in [6.07, 6.45) is 3.69. The fourth-order valence-electron chi connectivity index (χ4n) is 4.90. The van der Waals surface area contributed by atoms with Crippen LogP contribution >= 0.6 is 0 Å². The van der Waals surface area contributed by atoms with E-state index in [2.05, 4.69) is 70.7 Å². The molecule has 0 saturated carbocycles. The van der Waals surface area contributed by atoms with E-state index in [-0.39, 0.29) is 6.03 Å². The Morgan fingerprint density at radius 3 is 2.50 bits per heavy atom. The predicted octanol–water partition coefficient (Wildman–Crippen LogP) is 3.61. The third-order valence-corrected chi connectivity index (χ3v) is 6.61. The van der Waals surface area contributed by atoms with Gasteiger partial charge in [0.25, 0.3) is 0 Å². The van der Waals surface area contributed by atoms with Crippen LogP contribution in [0.4, 0.5) is 10.5 Å². The van der Waals surface area contributed by atoms with Crippen LogP contribution in [0.2, 0.25) is 0 Å². The molecule has 1 atom stereocenters. The Morgan fingerprint density at radius 1 is 1.06 bits per heavy atom. The Bertz CT molecular complexity index is 868. The van der Waals surface area contributed by atoms with E-state index in [9.17, 15) is 4.79 Å². The van der Waals surface area contributed by atoms with Crippen LogP contribution in [0, 0.1) is 5.92 Å². The molecule has 0 spiro atoms. The van der Waals surface area contributed by atoms with Crippen LogP contribution in [0.25, 0.3) is 0 Å². The first kappa shape index (κ1) is 22.6. The first-order valence-electron chi connectivity index (χ1n) is 11.8. The third-order valence-electron chi connectivity index (χ3n) is 6.61. The Kier molecular flexibility index (Phi) is 7.66. The van der Waals surface area contributed by atoms with Crippen molar-refractivity contribution in [2.24, 2.45) is 5.92 Å². The molecule has 6 nitrogen and oxygen atoms in total. The normalized spacial score (nSPS) is 19.4. The molecule has 2 heterocycles. The average Bonchev–Trinajstić information content (AvgIpc) is 3.24. The Balaban J connectivity index is 1.22. The first-order chi connectivity index (χ1) is 15.6. The van der Waals surface area contributed by atoms with Crippen LogP contribution in [0.5, 0.6) is 5.75 Å². The van der Waals surface area contributed by atoms with Gasteiger partial charge in [0.05, 0.1) is 7.11 Å². The minimum Gasteiger partial charge on any atom is -0.497 e. The Labute approximate surface area is 192 Å². The highest BCUT2D eigenvalue weighted by Crippen LogP contribution is 2.21. The molecule has 172 valence electrons. The number of amides is 2. The number of rotatable bonds is 9. The quantitative estimate of drug-likeness (QED) is 0.652. The van der Waals surface area contributed by atoms with Gasteiger partial charge >= 0.3 is 6.03 Å². The first-order valence-corrected chi connectivity index (χ1v) is 11.8. The van der Waals surface area contributed by atoms with Gasteiger partial charge in [-0.25, -0.2) is 4.79 Å². The molecule has 2 amide bonds. The standard InChI is InChI=1S/C26H36N4O2/c1-28(18-22-5-9-24(10-6-22)30-17-14-27-26(30)31)19-23-4-3-15-29(20-23)16-13-21-7-11-25(32-2)12-8-21/h5-12,23H,3-4,13-20H2,1-2H3,(H,27,31)/t23-/m1/s1. The van der Waals surface area contributed by atoms with E-state index in [1.165, 1.54) is 37.1 Å². The summed E-state index contributed by atoms with van der Waals surface area (Å²) in [6, 6.07) is 16.9. The number of benzene rings is 2. The maximum Gasteiger partial charge on any atom is 0.321 e. The molecule has 2 fully saturated rings. The zero-order valence-corrected chi connectivity index (χ0v) is 19.4. The number of nitrogens with one attached hydrogen (secondary N) is 1. The molecule has 32 heavy (non-hydrogen) atoms. The maximum absolute atomic E-state index is 11.8. The molecule has 0 radical (unpaired) electrons. The van der Waals surface area contributed by atoms with Gasteiger partial charge in [-0.3, -0.25) is 4.90 Å². The largest absolute Gasteiger partial charge is 0.497 e. The molecule has 0 unspecified atom stereocenters. The number of urea groups is 1. The second-order valence-electron chi connectivity index (χ2n) is 9.15. The van der Waals surface area contributed by atoms with Crippen molar-refractivity contribution in [2.75, 3.05) is 58.3 Å². The zero-order valence-electron chi connectivity index (χ0n) is 19.4. The van der Waals surface area contributed by atoms with E-state index in [0.717, 1.165) is 56.5 Å². The second kappa shape index (κ2) is 10.8. The SMILES string of the molecule is COc1ccc(CCN2CCC[C@H](CN(C)Cc3ccc(N4CCNC4=O)cc3)C2)cc1. The number of carbonyl (C=O) groups is 1. The highest BCUT2D eigenvalue weighted by Gasteiger charge is 2.22. The molecule has 0 bridgehead atoms. The topological polar surface area (TPSA) is 48.1 Å². The monoisotopic (exact) mass is 436 g/mol.